The molecule has 0 saturated heterocycles. The second kappa shape index (κ2) is 4.50. The zero-order chi connectivity index (χ0) is 12.4. The molecule has 0 spiro atoms. The summed E-state index contributed by atoms with van der Waals surface area (Å²) in [6.07, 6.45) is 0. The van der Waals surface area contributed by atoms with Gasteiger partial charge in [0.2, 0.25) is 0 Å². The minimum Gasteiger partial charge on any atom is -0.478 e. The first kappa shape index (κ1) is 11.5. The van der Waals surface area contributed by atoms with Crippen LogP contribution < -0.4 is 4.74 Å². The highest BCUT2D eigenvalue weighted by atomic mass is 32.1. The van der Waals surface area contributed by atoms with E-state index in [4.69, 9.17) is 9.84 Å². The minimum atomic E-state index is -1.02. The van der Waals surface area contributed by atoms with E-state index in [1.54, 1.807) is 25.1 Å². The monoisotopic (exact) mass is 250 g/mol. The average molecular weight is 250 g/mol. The van der Waals surface area contributed by atoms with Crippen LogP contribution in [-0.2, 0) is 0 Å². The number of carboxylic acid groups (broad SMARTS) is 1. The zero-order valence-electron chi connectivity index (χ0n) is 9.30. The summed E-state index contributed by atoms with van der Waals surface area (Å²) in [5.41, 5.74) is 0.987. The second-order valence-corrected chi connectivity index (χ2v) is 4.64. The highest BCUT2D eigenvalue weighted by Crippen LogP contribution is 2.28. The predicted molar refractivity (Wildman–Crippen MR) is 62.9 cm³/mol. The summed E-state index contributed by atoms with van der Waals surface area (Å²) in [6.45, 7) is 3.63. The number of aryl methyl sites for hydroxylation is 2. The average Bonchev–Trinajstić information content (AvgIpc) is 2.66. The molecule has 0 radical (unpaired) electrons. The highest BCUT2D eigenvalue weighted by molar-refractivity contribution is 7.13. The minimum absolute atomic E-state index is 0.123. The van der Waals surface area contributed by atoms with Crippen LogP contribution in [0.5, 0.6) is 10.9 Å². The maximum absolute atomic E-state index is 11.1. The number of hydrogen-bond donors (Lipinski definition) is 1. The number of aromatic nitrogens is 2. The summed E-state index contributed by atoms with van der Waals surface area (Å²) in [5.74, 6) is -0.746. The van der Waals surface area contributed by atoms with Gasteiger partial charge in [0.25, 0.3) is 5.19 Å². The zero-order valence-corrected chi connectivity index (χ0v) is 10.1. The van der Waals surface area contributed by atoms with Crippen molar-refractivity contribution >= 4 is 17.3 Å². The SMILES string of the molecule is Cc1ccc(Oc2nnc(C)s2)c(C(=O)O)c1. The molecule has 1 heterocycles. The first-order chi connectivity index (χ1) is 8.06. The number of rotatable bonds is 3. The summed E-state index contributed by atoms with van der Waals surface area (Å²) in [6, 6.07) is 4.97. The maximum atomic E-state index is 11.1. The van der Waals surface area contributed by atoms with Gasteiger partial charge in [-0.3, -0.25) is 0 Å². The number of benzene rings is 1. The van der Waals surface area contributed by atoms with Crippen molar-refractivity contribution < 1.29 is 14.6 Å². The van der Waals surface area contributed by atoms with Gasteiger partial charge in [-0.05, 0) is 26.0 Å². The Bertz CT molecular complexity index is 566. The van der Waals surface area contributed by atoms with Gasteiger partial charge in [-0.15, -0.1) is 5.10 Å². The van der Waals surface area contributed by atoms with Crippen LogP contribution in [0.1, 0.15) is 20.9 Å². The number of hydrogen-bond acceptors (Lipinski definition) is 5. The molecule has 1 aromatic heterocycles. The molecule has 2 rings (SSSR count). The largest absolute Gasteiger partial charge is 0.478 e. The van der Waals surface area contributed by atoms with Gasteiger partial charge in [-0.2, -0.15) is 0 Å². The molecule has 88 valence electrons. The molecule has 17 heavy (non-hydrogen) atoms. The van der Waals surface area contributed by atoms with Crippen molar-refractivity contribution in [2.45, 2.75) is 13.8 Å². The first-order valence-corrected chi connectivity index (χ1v) is 5.70. The Morgan fingerprint density at radius 3 is 2.71 bits per heavy atom. The smallest absolute Gasteiger partial charge is 0.339 e. The van der Waals surface area contributed by atoms with Gasteiger partial charge in [-0.25, -0.2) is 4.79 Å². The van der Waals surface area contributed by atoms with Crippen molar-refractivity contribution in [3.8, 4) is 10.9 Å². The lowest BCUT2D eigenvalue weighted by Crippen LogP contribution is -2.00. The summed E-state index contributed by atoms with van der Waals surface area (Å²) in [4.78, 5) is 11.1. The molecule has 0 unspecified atom stereocenters. The van der Waals surface area contributed by atoms with Crippen molar-refractivity contribution in [3.05, 3.63) is 34.3 Å². The van der Waals surface area contributed by atoms with Crippen molar-refractivity contribution in [3.63, 3.8) is 0 Å². The molecule has 2 aromatic rings. The molecule has 1 N–H and O–H groups in total. The Labute approximate surface area is 102 Å². The number of carboxylic acids is 1. The van der Waals surface area contributed by atoms with Crippen molar-refractivity contribution in [2.24, 2.45) is 0 Å². The van der Waals surface area contributed by atoms with Crippen molar-refractivity contribution in [1.82, 2.24) is 10.2 Å². The Hall–Kier alpha value is -1.95. The van der Waals surface area contributed by atoms with Crippen LogP contribution >= 0.6 is 11.3 Å². The fraction of sp³-hybridized carbons (Fsp3) is 0.182. The molecular formula is C11H10N2O3S. The number of ether oxygens (including phenoxy) is 1. The van der Waals surface area contributed by atoms with Gasteiger partial charge >= 0.3 is 5.97 Å². The molecule has 0 aliphatic rings. The molecule has 0 aliphatic carbocycles. The Balaban J connectivity index is 2.35. The van der Waals surface area contributed by atoms with Gasteiger partial charge in [-0.1, -0.05) is 28.1 Å². The third-order valence-electron chi connectivity index (χ3n) is 2.07. The molecule has 0 fully saturated rings. The van der Waals surface area contributed by atoms with E-state index in [1.165, 1.54) is 11.3 Å². The van der Waals surface area contributed by atoms with Crippen LogP contribution in [0.4, 0.5) is 0 Å². The lowest BCUT2D eigenvalue weighted by molar-refractivity contribution is 0.0694. The molecule has 0 atom stereocenters. The molecule has 1 aromatic carbocycles. The molecule has 5 nitrogen and oxygen atoms in total. The fourth-order valence-electron chi connectivity index (χ4n) is 1.31. The molecule has 0 saturated carbocycles. The van der Waals surface area contributed by atoms with Gasteiger partial charge in [0.15, 0.2) is 0 Å². The number of nitrogens with zero attached hydrogens (tertiary/aromatic N) is 2. The molecule has 0 amide bonds. The lowest BCUT2D eigenvalue weighted by Gasteiger charge is -2.05. The van der Waals surface area contributed by atoms with E-state index in [0.29, 0.717) is 5.19 Å². The van der Waals surface area contributed by atoms with Crippen LogP contribution in [-0.4, -0.2) is 21.3 Å². The predicted octanol–water partition coefficient (Wildman–Crippen LogP) is 2.65. The van der Waals surface area contributed by atoms with Crippen LogP contribution in [0.3, 0.4) is 0 Å². The molecule has 0 bridgehead atoms. The van der Waals surface area contributed by atoms with Gasteiger partial charge in [0.1, 0.15) is 16.3 Å². The third-order valence-corrected chi connectivity index (χ3v) is 2.79. The topological polar surface area (TPSA) is 72.3 Å². The lowest BCUT2D eigenvalue weighted by atomic mass is 10.1. The van der Waals surface area contributed by atoms with Crippen LogP contribution in [0, 0.1) is 13.8 Å². The normalized spacial score (nSPS) is 10.2. The van der Waals surface area contributed by atoms with E-state index < -0.39 is 5.97 Å². The first-order valence-electron chi connectivity index (χ1n) is 4.88. The molecule has 6 heteroatoms. The summed E-state index contributed by atoms with van der Waals surface area (Å²) < 4.78 is 5.41. The van der Waals surface area contributed by atoms with Crippen LogP contribution in [0.25, 0.3) is 0 Å². The van der Waals surface area contributed by atoms with E-state index in [9.17, 15) is 4.79 Å². The summed E-state index contributed by atoms with van der Waals surface area (Å²) in [7, 11) is 0. The van der Waals surface area contributed by atoms with E-state index in [0.717, 1.165) is 10.6 Å². The van der Waals surface area contributed by atoms with Gasteiger partial charge < -0.3 is 9.84 Å². The summed E-state index contributed by atoms with van der Waals surface area (Å²) >= 11 is 1.27. The Kier molecular flexibility index (Phi) is 3.06. The molecular weight excluding hydrogens is 240 g/mol. The fourth-order valence-corrected chi connectivity index (χ4v) is 1.86. The van der Waals surface area contributed by atoms with Crippen LogP contribution in [0.15, 0.2) is 18.2 Å². The van der Waals surface area contributed by atoms with Gasteiger partial charge in [0, 0.05) is 0 Å². The van der Waals surface area contributed by atoms with Gasteiger partial charge in [0.05, 0.1) is 0 Å². The summed E-state index contributed by atoms with van der Waals surface area (Å²) in [5, 5.41) is 17.8. The second-order valence-electron chi connectivity index (χ2n) is 3.49. The molecule has 0 aliphatic heterocycles. The Morgan fingerprint density at radius 1 is 1.35 bits per heavy atom. The highest BCUT2D eigenvalue weighted by Gasteiger charge is 2.13. The van der Waals surface area contributed by atoms with E-state index in [2.05, 4.69) is 10.2 Å². The quantitative estimate of drug-likeness (QED) is 0.906. The number of carbonyl (C=O) groups is 1. The van der Waals surface area contributed by atoms with E-state index in [-0.39, 0.29) is 11.3 Å². The van der Waals surface area contributed by atoms with Crippen molar-refractivity contribution in [1.29, 1.82) is 0 Å². The van der Waals surface area contributed by atoms with E-state index in [1.807, 2.05) is 6.92 Å². The van der Waals surface area contributed by atoms with Crippen LogP contribution in [0.2, 0.25) is 0 Å². The van der Waals surface area contributed by atoms with Crippen molar-refractivity contribution in [2.75, 3.05) is 0 Å². The standard InChI is InChI=1S/C11H10N2O3S/c1-6-3-4-9(8(5-6)10(14)15)16-11-13-12-7(2)17-11/h3-5H,1-2H3,(H,14,15). The maximum Gasteiger partial charge on any atom is 0.339 e. The van der Waals surface area contributed by atoms with E-state index >= 15 is 0 Å². The number of aromatic carboxylic acids is 1. The Morgan fingerprint density at radius 2 is 2.12 bits per heavy atom. The third kappa shape index (κ3) is 2.59.